The van der Waals surface area contributed by atoms with Crippen LogP contribution in [-0.4, -0.2) is 69.7 Å². The first kappa shape index (κ1) is 21.6. The van der Waals surface area contributed by atoms with Crippen molar-refractivity contribution in [3.05, 3.63) is 59.0 Å². The van der Waals surface area contributed by atoms with E-state index >= 15 is 0 Å². The van der Waals surface area contributed by atoms with Crippen LogP contribution in [0.15, 0.2) is 48.9 Å². The molecule has 0 unspecified atom stereocenters. The molecular formula is C23H24N8O3. The first-order valence-electron chi connectivity index (χ1n) is 10.7. The van der Waals surface area contributed by atoms with Crippen LogP contribution in [0.25, 0.3) is 27.9 Å². The number of ether oxygens (including phenoxy) is 1. The van der Waals surface area contributed by atoms with Gasteiger partial charge in [0.1, 0.15) is 11.4 Å². The number of nitrogens with zero attached hydrogens (tertiary/aromatic N) is 7. The van der Waals surface area contributed by atoms with Crippen LogP contribution in [0.4, 0.5) is 17.3 Å². The highest BCUT2D eigenvalue weighted by atomic mass is 16.6. The average molecular weight is 460 g/mol. The smallest absolute Gasteiger partial charge is 0.293 e. The largest absolute Gasteiger partial charge is 0.496 e. The first-order chi connectivity index (χ1) is 16.4. The number of nitro groups is 1. The Morgan fingerprint density at radius 3 is 2.68 bits per heavy atom. The third-order valence-corrected chi connectivity index (χ3v) is 6.21. The van der Waals surface area contributed by atoms with Crippen LogP contribution in [0.1, 0.15) is 0 Å². The van der Waals surface area contributed by atoms with E-state index in [-0.39, 0.29) is 16.6 Å². The minimum absolute atomic E-state index is 0.00403. The van der Waals surface area contributed by atoms with E-state index in [1.54, 1.807) is 30.1 Å². The summed E-state index contributed by atoms with van der Waals surface area (Å²) in [5.74, 6) is 0.578. The molecule has 3 aromatic heterocycles. The molecule has 11 nitrogen and oxygen atoms in total. The zero-order valence-electron chi connectivity index (χ0n) is 19.0. The van der Waals surface area contributed by atoms with Gasteiger partial charge in [-0.15, -0.1) is 0 Å². The van der Waals surface area contributed by atoms with E-state index in [2.05, 4.69) is 20.0 Å². The van der Waals surface area contributed by atoms with Gasteiger partial charge >= 0.3 is 0 Å². The molecule has 1 aliphatic rings. The Morgan fingerprint density at radius 1 is 1.18 bits per heavy atom. The highest BCUT2D eigenvalue weighted by Gasteiger charge is 2.34. The fourth-order valence-corrected chi connectivity index (χ4v) is 4.23. The summed E-state index contributed by atoms with van der Waals surface area (Å²) in [6.45, 7) is 1.41. The molecule has 0 aliphatic carbocycles. The number of benzene rings is 1. The van der Waals surface area contributed by atoms with Gasteiger partial charge in [-0.05, 0) is 26.2 Å². The van der Waals surface area contributed by atoms with Gasteiger partial charge in [-0.25, -0.2) is 14.5 Å². The zero-order chi connectivity index (χ0) is 24.0. The molecule has 4 aromatic rings. The van der Waals surface area contributed by atoms with E-state index in [1.165, 1.54) is 6.07 Å². The number of nitro benzene ring substituents is 1. The monoisotopic (exact) mass is 460 g/mol. The SMILES string of the molecule is COc1cc(N2CC(N(C)C)C2)c([N+](=O)[O-])cc1-c1cnc(N)nc1-c1cnn2ccccc12. The molecule has 0 spiro atoms. The van der Waals surface area contributed by atoms with Gasteiger partial charge in [0, 0.05) is 60.3 Å². The van der Waals surface area contributed by atoms with E-state index in [0.29, 0.717) is 47.4 Å². The van der Waals surface area contributed by atoms with Crippen molar-refractivity contribution in [1.29, 1.82) is 0 Å². The van der Waals surface area contributed by atoms with Gasteiger partial charge in [-0.2, -0.15) is 5.10 Å². The third-order valence-electron chi connectivity index (χ3n) is 6.21. The molecule has 1 aromatic carbocycles. The molecule has 0 bridgehead atoms. The summed E-state index contributed by atoms with van der Waals surface area (Å²) in [4.78, 5) is 24.5. The molecule has 1 fully saturated rings. The predicted molar refractivity (Wildman–Crippen MR) is 129 cm³/mol. The van der Waals surface area contributed by atoms with Crippen molar-refractivity contribution in [2.45, 2.75) is 6.04 Å². The summed E-state index contributed by atoms with van der Waals surface area (Å²) in [7, 11) is 5.55. The number of fused-ring (bicyclic) bond motifs is 1. The lowest BCUT2D eigenvalue weighted by atomic mass is 9.98. The highest BCUT2D eigenvalue weighted by molar-refractivity contribution is 5.91. The van der Waals surface area contributed by atoms with Crippen LogP contribution < -0.4 is 15.4 Å². The van der Waals surface area contributed by atoms with E-state index in [0.717, 1.165) is 11.1 Å². The van der Waals surface area contributed by atoms with Crippen molar-refractivity contribution >= 4 is 22.8 Å². The van der Waals surface area contributed by atoms with Crippen molar-refractivity contribution in [2.75, 3.05) is 44.9 Å². The number of anilines is 2. The standard InChI is InChI=1S/C23H24N8O3/c1-28(2)14-12-29(13-14)19-9-21(34-3)15(8-20(19)31(32)33)16-10-25-23(24)27-22(16)17-11-26-30-7-5-4-6-18(17)30/h4-11,14H,12-13H2,1-3H3,(H2,24,25,27). The lowest BCUT2D eigenvalue weighted by Crippen LogP contribution is -2.57. The van der Waals surface area contributed by atoms with Crippen LogP contribution in [0.2, 0.25) is 0 Å². The van der Waals surface area contributed by atoms with Gasteiger partial charge in [-0.1, -0.05) is 6.07 Å². The van der Waals surface area contributed by atoms with Crippen molar-refractivity contribution in [2.24, 2.45) is 0 Å². The molecule has 1 aliphatic heterocycles. The summed E-state index contributed by atoms with van der Waals surface area (Å²) in [6, 6.07) is 9.28. The van der Waals surface area contributed by atoms with Crippen molar-refractivity contribution in [1.82, 2.24) is 24.5 Å². The molecule has 1 saturated heterocycles. The van der Waals surface area contributed by atoms with Gasteiger partial charge in [-0.3, -0.25) is 10.1 Å². The second-order valence-electron chi connectivity index (χ2n) is 8.40. The number of hydrogen-bond acceptors (Lipinski definition) is 9. The predicted octanol–water partition coefficient (Wildman–Crippen LogP) is 2.71. The summed E-state index contributed by atoms with van der Waals surface area (Å²) in [6.07, 6.45) is 5.09. The minimum atomic E-state index is -0.367. The Morgan fingerprint density at radius 2 is 1.97 bits per heavy atom. The number of aromatic nitrogens is 4. The van der Waals surface area contributed by atoms with E-state index in [9.17, 15) is 10.1 Å². The second kappa shape index (κ2) is 8.27. The summed E-state index contributed by atoms with van der Waals surface area (Å²) in [5, 5.41) is 16.5. The summed E-state index contributed by atoms with van der Waals surface area (Å²) < 4.78 is 7.42. The maximum atomic E-state index is 12.1. The second-order valence-corrected chi connectivity index (χ2v) is 8.40. The van der Waals surface area contributed by atoms with E-state index in [1.807, 2.05) is 43.4 Å². The lowest BCUT2D eigenvalue weighted by molar-refractivity contribution is -0.384. The van der Waals surface area contributed by atoms with Gasteiger partial charge in [0.05, 0.1) is 29.4 Å². The Bertz CT molecular complexity index is 1390. The number of nitrogens with two attached hydrogens (primary N) is 1. The quantitative estimate of drug-likeness (QED) is 0.341. The molecule has 2 N–H and O–H groups in total. The topological polar surface area (TPSA) is 128 Å². The van der Waals surface area contributed by atoms with E-state index < -0.39 is 0 Å². The van der Waals surface area contributed by atoms with Gasteiger partial charge in [0.15, 0.2) is 0 Å². The van der Waals surface area contributed by atoms with Crippen molar-refractivity contribution < 1.29 is 9.66 Å². The molecule has 11 heteroatoms. The molecule has 5 rings (SSSR count). The number of rotatable bonds is 6. The normalized spacial score (nSPS) is 13.9. The van der Waals surface area contributed by atoms with Crippen LogP contribution >= 0.6 is 0 Å². The van der Waals surface area contributed by atoms with Crippen molar-refractivity contribution in [3.63, 3.8) is 0 Å². The average Bonchev–Trinajstić information content (AvgIpc) is 3.21. The van der Waals surface area contributed by atoms with Crippen molar-refractivity contribution in [3.8, 4) is 28.1 Å². The Hall–Kier alpha value is -4.25. The first-order valence-corrected chi connectivity index (χ1v) is 10.7. The minimum Gasteiger partial charge on any atom is -0.496 e. The Balaban J connectivity index is 1.68. The number of nitrogen functional groups attached to an aromatic ring is 1. The Kier molecular flexibility index (Phi) is 5.25. The number of likely N-dealkylation sites (N-methyl/N-ethyl adjacent to an activating group) is 1. The third kappa shape index (κ3) is 3.55. The number of pyridine rings is 1. The van der Waals surface area contributed by atoms with Gasteiger partial charge in [0.2, 0.25) is 5.95 Å². The molecule has 0 amide bonds. The molecular weight excluding hydrogens is 436 g/mol. The zero-order valence-corrected chi connectivity index (χ0v) is 19.0. The summed E-state index contributed by atoms with van der Waals surface area (Å²) in [5.41, 5.74) is 9.60. The Labute approximate surface area is 195 Å². The molecule has 0 atom stereocenters. The lowest BCUT2D eigenvalue weighted by Gasteiger charge is -2.44. The van der Waals surface area contributed by atoms with Crippen LogP contribution in [-0.2, 0) is 0 Å². The number of hydrogen-bond donors (Lipinski definition) is 1. The molecule has 0 saturated carbocycles. The van der Waals surface area contributed by atoms with Crippen LogP contribution in [0.5, 0.6) is 5.75 Å². The van der Waals surface area contributed by atoms with Gasteiger partial charge < -0.3 is 20.3 Å². The molecule has 34 heavy (non-hydrogen) atoms. The van der Waals surface area contributed by atoms with Crippen LogP contribution in [0, 0.1) is 10.1 Å². The van der Waals surface area contributed by atoms with E-state index in [4.69, 9.17) is 10.5 Å². The maximum Gasteiger partial charge on any atom is 0.293 e. The molecule has 4 heterocycles. The number of methoxy groups -OCH3 is 1. The molecule has 0 radical (unpaired) electrons. The fraction of sp³-hybridized carbons (Fsp3) is 0.261. The fourth-order valence-electron chi connectivity index (χ4n) is 4.23. The maximum absolute atomic E-state index is 12.1. The highest BCUT2D eigenvalue weighted by Crippen LogP contribution is 2.44. The van der Waals surface area contributed by atoms with Crippen LogP contribution in [0.3, 0.4) is 0 Å². The van der Waals surface area contributed by atoms with Gasteiger partial charge in [0.25, 0.3) is 5.69 Å². The molecule has 174 valence electrons. The summed E-state index contributed by atoms with van der Waals surface area (Å²) >= 11 is 0.